The molecule has 0 aromatic carbocycles. The summed E-state index contributed by atoms with van der Waals surface area (Å²) in [7, 11) is 0. The van der Waals surface area contributed by atoms with Gasteiger partial charge in [0, 0.05) is 25.2 Å². The lowest BCUT2D eigenvalue weighted by molar-refractivity contribution is -0.128. The molecule has 2 unspecified atom stereocenters. The molecule has 1 rings (SSSR count). The number of carbonyl (C=O) groups excluding carboxylic acids is 1. The van der Waals surface area contributed by atoms with E-state index < -0.39 is 5.54 Å². The largest absolute Gasteiger partial charge is 0.353 e. The SMILES string of the molecule is CC1CCCC(N)(C(=O)NCCN(C(C)C)C(C)C)C1. The van der Waals surface area contributed by atoms with Gasteiger partial charge < -0.3 is 11.1 Å². The van der Waals surface area contributed by atoms with Gasteiger partial charge >= 0.3 is 0 Å². The first-order valence-corrected chi connectivity index (χ1v) is 8.09. The molecule has 0 radical (unpaired) electrons. The van der Waals surface area contributed by atoms with Crippen LogP contribution in [0.1, 0.15) is 60.3 Å². The molecular formula is C16H33N3O. The average Bonchev–Trinajstić information content (AvgIpc) is 2.32. The van der Waals surface area contributed by atoms with Gasteiger partial charge in [-0.2, -0.15) is 0 Å². The predicted molar refractivity (Wildman–Crippen MR) is 84.5 cm³/mol. The van der Waals surface area contributed by atoms with Crippen molar-refractivity contribution in [3.63, 3.8) is 0 Å². The van der Waals surface area contributed by atoms with Gasteiger partial charge in [0.2, 0.25) is 5.91 Å². The van der Waals surface area contributed by atoms with Gasteiger partial charge in [0.1, 0.15) is 0 Å². The third-order valence-corrected chi connectivity index (χ3v) is 4.47. The first kappa shape index (κ1) is 17.4. The van der Waals surface area contributed by atoms with Crippen molar-refractivity contribution in [2.75, 3.05) is 13.1 Å². The Hall–Kier alpha value is -0.610. The van der Waals surface area contributed by atoms with Crippen LogP contribution < -0.4 is 11.1 Å². The quantitative estimate of drug-likeness (QED) is 0.785. The summed E-state index contributed by atoms with van der Waals surface area (Å²) in [6.07, 6.45) is 3.90. The molecule has 4 heteroatoms. The van der Waals surface area contributed by atoms with Crippen LogP contribution in [0.4, 0.5) is 0 Å². The van der Waals surface area contributed by atoms with Crippen molar-refractivity contribution in [2.24, 2.45) is 11.7 Å². The Kier molecular flexibility index (Phi) is 6.46. The van der Waals surface area contributed by atoms with Gasteiger partial charge in [-0.1, -0.05) is 19.8 Å². The van der Waals surface area contributed by atoms with E-state index in [4.69, 9.17) is 5.73 Å². The Morgan fingerprint density at radius 3 is 2.45 bits per heavy atom. The maximum atomic E-state index is 12.3. The molecule has 1 aliphatic rings. The van der Waals surface area contributed by atoms with Gasteiger partial charge in [0.15, 0.2) is 0 Å². The van der Waals surface area contributed by atoms with Crippen molar-refractivity contribution in [3.8, 4) is 0 Å². The third-order valence-electron chi connectivity index (χ3n) is 4.47. The van der Waals surface area contributed by atoms with Gasteiger partial charge in [-0.25, -0.2) is 0 Å². The minimum Gasteiger partial charge on any atom is -0.353 e. The first-order valence-electron chi connectivity index (χ1n) is 8.09. The summed E-state index contributed by atoms with van der Waals surface area (Å²) in [5, 5.41) is 3.05. The zero-order valence-corrected chi connectivity index (χ0v) is 13.9. The van der Waals surface area contributed by atoms with Crippen molar-refractivity contribution < 1.29 is 4.79 Å². The molecule has 20 heavy (non-hydrogen) atoms. The summed E-state index contributed by atoms with van der Waals surface area (Å²) in [5.74, 6) is 0.596. The maximum absolute atomic E-state index is 12.3. The van der Waals surface area contributed by atoms with E-state index in [1.807, 2.05) is 0 Å². The van der Waals surface area contributed by atoms with Crippen molar-refractivity contribution >= 4 is 5.91 Å². The Morgan fingerprint density at radius 1 is 1.35 bits per heavy atom. The number of amides is 1. The van der Waals surface area contributed by atoms with Gasteiger partial charge in [0.05, 0.1) is 5.54 Å². The number of hydrogen-bond acceptors (Lipinski definition) is 3. The Bertz CT molecular complexity index is 309. The molecule has 0 heterocycles. The molecule has 0 spiro atoms. The van der Waals surface area contributed by atoms with E-state index in [-0.39, 0.29) is 5.91 Å². The fourth-order valence-electron chi connectivity index (χ4n) is 3.39. The minimum atomic E-state index is -0.641. The smallest absolute Gasteiger partial charge is 0.240 e. The lowest BCUT2D eigenvalue weighted by atomic mass is 9.76. The highest BCUT2D eigenvalue weighted by atomic mass is 16.2. The summed E-state index contributed by atoms with van der Waals surface area (Å²) in [6.45, 7) is 12.5. The summed E-state index contributed by atoms with van der Waals surface area (Å²) in [4.78, 5) is 14.7. The molecule has 3 N–H and O–H groups in total. The fraction of sp³-hybridized carbons (Fsp3) is 0.938. The van der Waals surface area contributed by atoms with Crippen molar-refractivity contribution in [3.05, 3.63) is 0 Å². The number of nitrogens with one attached hydrogen (secondary N) is 1. The molecule has 0 aromatic heterocycles. The van der Waals surface area contributed by atoms with E-state index in [1.165, 1.54) is 6.42 Å². The average molecular weight is 283 g/mol. The van der Waals surface area contributed by atoms with Crippen LogP contribution in [0.25, 0.3) is 0 Å². The topological polar surface area (TPSA) is 58.4 Å². The van der Waals surface area contributed by atoms with E-state index in [9.17, 15) is 4.79 Å². The van der Waals surface area contributed by atoms with Crippen molar-refractivity contribution in [1.82, 2.24) is 10.2 Å². The van der Waals surface area contributed by atoms with E-state index >= 15 is 0 Å². The molecule has 0 saturated heterocycles. The Morgan fingerprint density at radius 2 is 1.95 bits per heavy atom. The molecule has 1 saturated carbocycles. The number of hydrogen-bond donors (Lipinski definition) is 2. The molecule has 0 aromatic rings. The highest BCUT2D eigenvalue weighted by molar-refractivity contribution is 5.86. The highest BCUT2D eigenvalue weighted by Crippen LogP contribution is 2.30. The van der Waals surface area contributed by atoms with Gasteiger partial charge in [-0.3, -0.25) is 9.69 Å². The summed E-state index contributed by atoms with van der Waals surface area (Å²) in [5.41, 5.74) is 5.66. The Balaban J connectivity index is 2.43. The fourth-order valence-corrected chi connectivity index (χ4v) is 3.39. The van der Waals surface area contributed by atoms with E-state index in [1.54, 1.807) is 0 Å². The van der Waals surface area contributed by atoms with Gasteiger partial charge in [-0.05, 0) is 46.5 Å². The second kappa shape index (κ2) is 7.41. The third kappa shape index (κ3) is 4.74. The monoisotopic (exact) mass is 283 g/mol. The van der Waals surface area contributed by atoms with E-state index in [0.29, 0.717) is 24.5 Å². The van der Waals surface area contributed by atoms with Crippen molar-refractivity contribution in [1.29, 1.82) is 0 Å². The number of carbonyl (C=O) groups is 1. The zero-order valence-electron chi connectivity index (χ0n) is 13.9. The molecule has 0 bridgehead atoms. The molecule has 4 nitrogen and oxygen atoms in total. The zero-order chi connectivity index (χ0) is 15.3. The van der Waals surface area contributed by atoms with Crippen LogP contribution in [-0.4, -0.2) is 41.5 Å². The van der Waals surface area contributed by atoms with Crippen LogP contribution >= 0.6 is 0 Å². The molecule has 118 valence electrons. The summed E-state index contributed by atoms with van der Waals surface area (Å²) in [6, 6.07) is 0.988. The van der Waals surface area contributed by atoms with Crippen molar-refractivity contribution in [2.45, 2.75) is 77.9 Å². The van der Waals surface area contributed by atoms with Crippen LogP contribution in [0, 0.1) is 5.92 Å². The molecule has 2 atom stereocenters. The van der Waals surface area contributed by atoms with E-state index in [0.717, 1.165) is 25.8 Å². The molecular weight excluding hydrogens is 250 g/mol. The van der Waals surface area contributed by atoms with Crippen LogP contribution in [0.15, 0.2) is 0 Å². The first-order chi connectivity index (χ1) is 9.26. The summed E-state index contributed by atoms with van der Waals surface area (Å²) >= 11 is 0. The number of nitrogens with two attached hydrogens (primary N) is 1. The van der Waals surface area contributed by atoms with Crippen LogP contribution in [-0.2, 0) is 4.79 Å². The van der Waals surface area contributed by atoms with Gasteiger partial charge in [0.25, 0.3) is 0 Å². The lowest BCUT2D eigenvalue weighted by Crippen LogP contribution is -2.57. The lowest BCUT2D eigenvalue weighted by Gasteiger charge is -2.36. The normalized spacial score (nSPS) is 27.4. The molecule has 1 amide bonds. The number of rotatable bonds is 6. The second-order valence-electron chi connectivity index (χ2n) is 7.04. The maximum Gasteiger partial charge on any atom is 0.240 e. The Labute approximate surface area is 124 Å². The van der Waals surface area contributed by atoms with Gasteiger partial charge in [-0.15, -0.1) is 0 Å². The molecule has 0 aliphatic heterocycles. The summed E-state index contributed by atoms with van der Waals surface area (Å²) < 4.78 is 0. The highest BCUT2D eigenvalue weighted by Gasteiger charge is 2.37. The van der Waals surface area contributed by atoms with Crippen LogP contribution in [0.2, 0.25) is 0 Å². The van der Waals surface area contributed by atoms with Crippen LogP contribution in [0.3, 0.4) is 0 Å². The van der Waals surface area contributed by atoms with E-state index in [2.05, 4.69) is 44.8 Å². The standard InChI is InChI=1S/C16H33N3O/c1-12(2)19(13(3)4)10-9-18-15(20)16(17)8-6-7-14(5)11-16/h12-14H,6-11,17H2,1-5H3,(H,18,20). The van der Waals surface area contributed by atoms with Crippen LogP contribution in [0.5, 0.6) is 0 Å². The number of nitrogens with zero attached hydrogens (tertiary/aromatic N) is 1. The minimum absolute atomic E-state index is 0.0384. The second-order valence-corrected chi connectivity index (χ2v) is 7.04. The molecule has 1 fully saturated rings. The predicted octanol–water partition coefficient (Wildman–Crippen LogP) is 2.13. The molecule has 1 aliphatic carbocycles.